The Labute approximate surface area is 220 Å². The van der Waals surface area contributed by atoms with Crippen LogP contribution in [0.2, 0.25) is 0 Å². The van der Waals surface area contributed by atoms with E-state index in [1.807, 2.05) is 13.0 Å². The molecule has 1 aromatic rings. The van der Waals surface area contributed by atoms with E-state index in [1.54, 1.807) is 24.3 Å². The van der Waals surface area contributed by atoms with Gasteiger partial charge in [0.15, 0.2) is 18.4 Å². The van der Waals surface area contributed by atoms with E-state index < -0.39 is 72.0 Å². The fraction of sp³-hybridized carbons (Fsp3) is 0.741. The topological polar surface area (TPSA) is 153 Å². The van der Waals surface area contributed by atoms with Gasteiger partial charge in [0.2, 0.25) is 0 Å². The minimum Gasteiger partial charge on any atom is -0.461 e. The van der Waals surface area contributed by atoms with Crippen molar-refractivity contribution in [2.75, 3.05) is 19.8 Å². The average molecular weight is 537 g/mol. The van der Waals surface area contributed by atoms with Crippen molar-refractivity contribution >= 4 is 5.97 Å². The molecule has 4 N–H and O–H groups in total. The van der Waals surface area contributed by atoms with Crippen LogP contribution in [0.1, 0.15) is 49.9 Å². The highest BCUT2D eigenvalue weighted by Crippen LogP contribution is 2.82. The largest absolute Gasteiger partial charge is 0.461 e. The number of aliphatic hydroxyl groups excluding tert-OH is 4. The summed E-state index contributed by atoms with van der Waals surface area (Å²) in [4.78, 5) is 12.9. The minimum absolute atomic E-state index is 0.0814. The molecule has 11 nitrogen and oxygen atoms in total. The first-order valence-electron chi connectivity index (χ1n) is 13.4. The first kappa shape index (κ1) is 26.5. The normalized spacial score (nSPS) is 48.2. The zero-order valence-corrected chi connectivity index (χ0v) is 21.5. The third kappa shape index (κ3) is 3.37. The van der Waals surface area contributed by atoms with E-state index in [0.29, 0.717) is 25.0 Å². The summed E-state index contributed by atoms with van der Waals surface area (Å²) in [5.74, 6) is -1.65. The van der Waals surface area contributed by atoms with Crippen molar-refractivity contribution in [1.29, 1.82) is 0 Å². The molecule has 38 heavy (non-hydrogen) atoms. The Bertz CT molecular complexity index is 1050. The second kappa shape index (κ2) is 9.18. The molecule has 210 valence electrons. The minimum atomic E-state index is -1.59. The predicted octanol–water partition coefficient (Wildman–Crippen LogP) is 0.467. The third-order valence-corrected chi connectivity index (χ3v) is 9.39. The van der Waals surface area contributed by atoms with Gasteiger partial charge in [-0.25, -0.2) is 4.79 Å². The number of hydrogen-bond acceptors (Lipinski definition) is 11. The van der Waals surface area contributed by atoms with Gasteiger partial charge < -0.3 is 48.8 Å². The maximum Gasteiger partial charge on any atom is 0.338 e. The number of unbranched alkanes of at least 4 members (excludes halogenated alkanes) is 1. The Kier molecular flexibility index (Phi) is 6.42. The maximum absolute atomic E-state index is 12.9. The molecule has 8 rings (SSSR count). The Hall–Kier alpha value is -1.67. The molecule has 3 aliphatic carbocycles. The number of carbonyl (C=O) groups excluding carboxylic acids is 1. The van der Waals surface area contributed by atoms with Gasteiger partial charge in [-0.05, 0) is 31.9 Å². The van der Waals surface area contributed by atoms with Crippen molar-refractivity contribution in [3.8, 4) is 0 Å². The average Bonchev–Trinajstić information content (AvgIpc) is 3.11. The van der Waals surface area contributed by atoms with Crippen molar-refractivity contribution in [3.63, 3.8) is 0 Å². The second-order valence-electron chi connectivity index (χ2n) is 11.4. The van der Waals surface area contributed by atoms with Crippen LogP contribution in [-0.2, 0) is 28.4 Å². The molecule has 11 atom stereocenters. The summed E-state index contributed by atoms with van der Waals surface area (Å²) < 4.78 is 37.3. The lowest BCUT2D eigenvalue weighted by molar-refractivity contribution is -0.430. The molecule has 1 unspecified atom stereocenters. The lowest BCUT2D eigenvalue weighted by atomic mass is 9.41. The maximum atomic E-state index is 12.9. The molecule has 0 amide bonds. The first-order valence-corrected chi connectivity index (χ1v) is 13.4. The standard InChI is InChI=1S/C27H36O11/c1-3-4-10-34-26-13-24(2)27(36-22-20(31)19(30)18(29)16(12-28)35-22)11-17(26)25(27,23(37-24)38-26)14-33-21(32)15-8-6-5-7-9-15/h5-9,16-20,22-23,28-31H,3-4,10-14H2,1-2H3/t16-,17+,18-,19+,20-,22+,23?,24+,25+,26-,27-/m1/s1. The summed E-state index contributed by atoms with van der Waals surface area (Å²) in [7, 11) is 0. The summed E-state index contributed by atoms with van der Waals surface area (Å²) in [5, 5.41) is 41.0. The van der Waals surface area contributed by atoms with Crippen LogP contribution < -0.4 is 0 Å². The lowest BCUT2D eigenvalue weighted by Gasteiger charge is -2.68. The number of aliphatic hydroxyl groups is 4. The molecule has 4 saturated heterocycles. The van der Waals surface area contributed by atoms with E-state index >= 15 is 0 Å². The quantitative estimate of drug-likeness (QED) is 0.244. The molecule has 3 saturated carbocycles. The van der Waals surface area contributed by atoms with Gasteiger partial charge in [-0.15, -0.1) is 0 Å². The van der Waals surface area contributed by atoms with Crippen LogP contribution in [0.5, 0.6) is 0 Å². The zero-order chi connectivity index (χ0) is 26.9. The Balaban J connectivity index is 1.32. The van der Waals surface area contributed by atoms with Crippen LogP contribution in [0.25, 0.3) is 0 Å². The highest BCUT2D eigenvalue weighted by atomic mass is 16.8. The molecule has 0 radical (unpaired) electrons. The van der Waals surface area contributed by atoms with E-state index in [0.717, 1.165) is 12.8 Å². The van der Waals surface area contributed by atoms with Crippen molar-refractivity contribution in [1.82, 2.24) is 0 Å². The summed E-state index contributed by atoms with van der Waals surface area (Å²) in [6, 6.07) is 8.66. The lowest BCUT2D eigenvalue weighted by Crippen LogP contribution is -2.81. The molecular weight excluding hydrogens is 500 g/mol. The van der Waals surface area contributed by atoms with Gasteiger partial charge in [-0.1, -0.05) is 31.5 Å². The number of carbonyl (C=O) groups is 1. The monoisotopic (exact) mass is 536 g/mol. The molecule has 7 fully saturated rings. The third-order valence-electron chi connectivity index (χ3n) is 9.39. The van der Waals surface area contributed by atoms with E-state index in [4.69, 9.17) is 28.4 Å². The van der Waals surface area contributed by atoms with Gasteiger partial charge in [0.25, 0.3) is 0 Å². The van der Waals surface area contributed by atoms with Gasteiger partial charge in [0.1, 0.15) is 42.2 Å². The van der Waals surface area contributed by atoms with Crippen LogP contribution >= 0.6 is 0 Å². The number of ether oxygens (including phenoxy) is 6. The fourth-order valence-corrected chi connectivity index (χ4v) is 7.42. The zero-order valence-electron chi connectivity index (χ0n) is 21.5. The van der Waals surface area contributed by atoms with Gasteiger partial charge in [0.05, 0.1) is 24.2 Å². The highest BCUT2D eigenvalue weighted by Gasteiger charge is 2.95. The molecule has 4 aliphatic heterocycles. The van der Waals surface area contributed by atoms with Crippen molar-refractivity contribution in [3.05, 3.63) is 35.9 Å². The van der Waals surface area contributed by atoms with E-state index in [1.165, 1.54) is 0 Å². The number of esters is 1. The van der Waals surface area contributed by atoms with Crippen LogP contribution in [0.15, 0.2) is 30.3 Å². The van der Waals surface area contributed by atoms with Crippen LogP contribution in [0.4, 0.5) is 0 Å². The van der Waals surface area contributed by atoms with Gasteiger partial charge in [-0.3, -0.25) is 0 Å². The smallest absolute Gasteiger partial charge is 0.338 e. The summed E-state index contributed by atoms with van der Waals surface area (Å²) >= 11 is 0. The summed E-state index contributed by atoms with van der Waals surface area (Å²) in [5.41, 5.74) is -2.63. The first-order chi connectivity index (χ1) is 18.2. The number of rotatable bonds is 10. The van der Waals surface area contributed by atoms with Crippen molar-refractivity contribution in [2.24, 2.45) is 11.3 Å². The van der Waals surface area contributed by atoms with Crippen LogP contribution in [0.3, 0.4) is 0 Å². The van der Waals surface area contributed by atoms with E-state index in [-0.39, 0.29) is 12.5 Å². The van der Waals surface area contributed by atoms with Crippen molar-refractivity contribution < 1.29 is 53.6 Å². The molecule has 0 spiro atoms. The predicted molar refractivity (Wildman–Crippen MR) is 127 cm³/mol. The number of benzene rings is 1. The summed E-state index contributed by atoms with van der Waals surface area (Å²) in [6.07, 6.45) is -5.37. The molecule has 11 heteroatoms. The van der Waals surface area contributed by atoms with Crippen LogP contribution in [0, 0.1) is 11.3 Å². The molecule has 1 aromatic carbocycles. The Morgan fingerprint density at radius 2 is 1.87 bits per heavy atom. The molecule has 6 bridgehead atoms. The summed E-state index contributed by atoms with van der Waals surface area (Å²) in [6.45, 7) is 3.82. The second-order valence-corrected chi connectivity index (χ2v) is 11.4. The molecule has 7 aliphatic rings. The number of hydrogen-bond donors (Lipinski definition) is 4. The Morgan fingerprint density at radius 1 is 1.11 bits per heavy atom. The van der Waals surface area contributed by atoms with Gasteiger partial charge in [0, 0.05) is 12.3 Å². The highest BCUT2D eigenvalue weighted by molar-refractivity contribution is 5.89. The Morgan fingerprint density at radius 3 is 2.58 bits per heavy atom. The van der Waals surface area contributed by atoms with E-state index in [2.05, 4.69) is 6.92 Å². The molecule has 4 heterocycles. The van der Waals surface area contributed by atoms with Gasteiger partial charge >= 0.3 is 5.97 Å². The van der Waals surface area contributed by atoms with Gasteiger partial charge in [-0.2, -0.15) is 0 Å². The fourth-order valence-electron chi connectivity index (χ4n) is 7.42. The van der Waals surface area contributed by atoms with Crippen LogP contribution in [-0.4, -0.2) is 100 Å². The SMILES string of the molecule is CCCCO[C@]12C[C@]3(C)OC(O1)[C@]1(COC(=O)c4ccccc4)[C@@H]2C[C@@]31O[C@@H]1O[C@H](CO)[C@@H](O)[C@H](O)[C@H]1O. The molecular formula is C27H36O11. The van der Waals surface area contributed by atoms with E-state index in [9.17, 15) is 25.2 Å². The van der Waals surface area contributed by atoms with Crippen molar-refractivity contribution in [2.45, 2.75) is 93.5 Å². The molecule has 0 aromatic heterocycles.